The number of carbonyl (C=O) groups is 1. The first-order chi connectivity index (χ1) is 13.7. The summed E-state index contributed by atoms with van der Waals surface area (Å²) in [5, 5.41) is 7.62. The molecule has 4 aromatic rings. The summed E-state index contributed by atoms with van der Waals surface area (Å²) in [5.41, 5.74) is 4.02. The average molecular weight is 388 g/mol. The number of amides is 1. The standard InChI is InChI=1S/C22H20N4OS/c1-15-20-17(22(27)25-11-5-6-12-25)14-18(19-10-7-13-28-19)23-21(20)26(24-15)16-8-3-2-4-9-16/h2-4,7-10,13-14H,5-6,11-12H2,1H3. The van der Waals surface area contributed by atoms with Gasteiger partial charge in [0, 0.05) is 13.1 Å². The van der Waals surface area contributed by atoms with Gasteiger partial charge in [-0.15, -0.1) is 11.3 Å². The zero-order chi connectivity index (χ0) is 19.1. The summed E-state index contributed by atoms with van der Waals surface area (Å²) in [6.45, 7) is 3.60. The van der Waals surface area contributed by atoms with Crippen LogP contribution in [-0.4, -0.2) is 38.7 Å². The van der Waals surface area contributed by atoms with Crippen LogP contribution in [0.1, 0.15) is 28.9 Å². The van der Waals surface area contributed by atoms with Crippen molar-refractivity contribution in [2.75, 3.05) is 13.1 Å². The lowest BCUT2D eigenvalue weighted by molar-refractivity contribution is 0.0794. The Morgan fingerprint density at radius 2 is 1.86 bits per heavy atom. The van der Waals surface area contributed by atoms with Crippen LogP contribution < -0.4 is 0 Å². The van der Waals surface area contributed by atoms with Crippen LogP contribution in [0.25, 0.3) is 27.3 Å². The number of benzene rings is 1. The first-order valence-electron chi connectivity index (χ1n) is 9.51. The second kappa shape index (κ2) is 6.87. The Balaban J connectivity index is 1.78. The molecule has 1 fully saturated rings. The van der Waals surface area contributed by atoms with E-state index < -0.39 is 0 Å². The lowest BCUT2D eigenvalue weighted by Crippen LogP contribution is -2.28. The van der Waals surface area contributed by atoms with E-state index in [9.17, 15) is 4.79 Å². The van der Waals surface area contributed by atoms with Gasteiger partial charge in [-0.05, 0) is 49.4 Å². The minimum absolute atomic E-state index is 0.0819. The molecule has 0 radical (unpaired) electrons. The molecule has 0 spiro atoms. The number of carbonyl (C=O) groups excluding carboxylic acids is 1. The number of pyridine rings is 1. The van der Waals surface area contributed by atoms with E-state index in [0.29, 0.717) is 5.56 Å². The van der Waals surface area contributed by atoms with E-state index in [1.165, 1.54) is 0 Å². The minimum Gasteiger partial charge on any atom is -0.339 e. The zero-order valence-electron chi connectivity index (χ0n) is 15.6. The molecule has 6 heteroatoms. The molecule has 1 amide bonds. The van der Waals surface area contributed by atoms with Crippen molar-refractivity contribution in [3.8, 4) is 16.3 Å². The third-order valence-electron chi connectivity index (χ3n) is 5.21. The Kier molecular flexibility index (Phi) is 4.20. The molecule has 4 heterocycles. The largest absolute Gasteiger partial charge is 0.339 e. The molecule has 0 atom stereocenters. The van der Waals surface area contributed by atoms with Crippen molar-refractivity contribution < 1.29 is 4.79 Å². The van der Waals surface area contributed by atoms with Gasteiger partial charge >= 0.3 is 0 Å². The number of aromatic nitrogens is 3. The molecule has 1 aromatic carbocycles. The molecule has 0 N–H and O–H groups in total. The number of fused-ring (bicyclic) bond motifs is 1. The molecule has 1 saturated heterocycles. The fraction of sp³-hybridized carbons (Fsp3) is 0.227. The maximum absolute atomic E-state index is 13.3. The first kappa shape index (κ1) is 17.1. The second-order valence-electron chi connectivity index (χ2n) is 7.06. The number of thiophene rings is 1. The Labute approximate surface area is 167 Å². The van der Waals surface area contributed by atoms with Gasteiger partial charge in [-0.3, -0.25) is 4.79 Å². The van der Waals surface area contributed by atoms with Gasteiger partial charge in [0.15, 0.2) is 5.65 Å². The highest BCUT2D eigenvalue weighted by Crippen LogP contribution is 2.31. The summed E-state index contributed by atoms with van der Waals surface area (Å²) in [4.78, 5) is 21.3. The van der Waals surface area contributed by atoms with Crippen LogP contribution in [0.4, 0.5) is 0 Å². The fourth-order valence-corrected chi connectivity index (χ4v) is 4.53. The van der Waals surface area contributed by atoms with Crippen LogP contribution in [0.3, 0.4) is 0 Å². The summed E-state index contributed by atoms with van der Waals surface area (Å²) in [5.74, 6) is 0.0819. The van der Waals surface area contributed by atoms with Gasteiger partial charge in [-0.25, -0.2) is 9.67 Å². The van der Waals surface area contributed by atoms with Crippen LogP contribution in [0.15, 0.2) is 53.9 Å². The number of nitrogens with zero attached hydrogens (tertiary/aromatic N) is 4. The highest BCUT2D eigenvalue weighted by atomic mass is 32.1. The molecule has 5 rings (SSSR count). The molecule has 1 aliphatic heterocycles. The predicted octanol–water partition coefficient (Wildman–Crippen LogP) is 4.69. The minimum atomic E-state index is 0.0819. The van der Waals surface area contributed by atoms with Gasteiger partial charge < -0.3 is 4.90 Å². The summed E-state index contributed by atoms with van der Waals surface area (Å²) < 4.78 is 1.85. The van der Waals surface area contributed by atoms with Crippen molar-refractivity contribution in [1.29, 1.82) is 0 Å². The molecule has 1 aliphatic rings. The van der Waals surface area contributed by atoms with Gasteiger partial charge in [0.05, 0.1) is 32.9 Å². The molecule has 140 valence electrons. The molecule has 5 nitrogen and oxygen atoms in total. The van der Waals surface area contributed by atoms with E-state index in [0.717, 1.165) is 58.9 Å². The Morgan fingerprint density at radius 3 is 2.57 bits per heavy atom. The number of hydrogen-bond acceptors (Lipinski definition) is 4. The monoisotopic (exact) mass is 388 g/mol. The van der Waals surface area contributed by atoms with Crippen LogP contribution >= 0.6 is 11.3 Å². The first-order valence-corrected chi connectivity index (χ1v) is 10.4. The van der Waals surface area contributed by atoms with Crippen LogP contribution in [-0.2, 0) is 0 Å². The summed E-state index contributed by atoms with van der Waals surface area (Å²) in [7, 11) is 0. The number of hydrogen-bond donors (Lipinski definition) is 0. The highest BCUT2D eigenvalue weighted by molar-refractivity contribution is 7.13. The number of aryl methyl sites for hydroxylation is 1. The van der Waals surface area contributed by atoms with E-state index in [1.54, 1.807) is 11.3 Å². The molecule has 3 aromatic heterocycles. The van der Waals surface area contributed by atoms with Crippen LogP contribution in [0.2, 0.25) is 0 Å². The number of rotatable bonds is 3. The molecular formula is C22H20N4OS. The SMILES string of the molecule is Cc1nn(-c2ccccc2)c2nc(-c3cccs3)cc(C(=O)N3CCCC3)c12. The quantitative estimate of drug-likeness (QED) is 0.511. The van der Waals surface area contributed by atoms with Gasteiger partial charge in [0.1, 0.15) is 0 Å². The van der Waals surface area contributed by atoms with Gasteiger partial charge in [0.2, 0.25) is 0 Å². The molecular weight excluding hydrogens is 368 g/mol. The van der Waals surface area contributed by atoms with Crippen molar-refractivity contribution >= 4 is 28.3 Å². The normalized spacial score (nSPS) is 14.1. The van der Waals surface area contributed by atoms with Crippen molar-refractivity contribution in [1.82, 2.24) is 19.7 Å². The maximum Gasteiger partial charge on any atom is 0.254 e. The summed E-state index contributed by atoms with van der Waals surface area (Å²) in [6.07, 6.45) is 2.14. The van der Waals surface area contributed by atoms with Gasteiger partial charge in [-0.2, -0.15) is 5.10 Å². The lowest BCUT2D eigenvalue weighted by atomic mass is 10.1. The van der Waals surface area contributed by atoms with Gasteiger partial charge in [-0.1, -0.05) is 24.3 Å². The third kappa shape index (κ3) is 2.81. The molecule has 0 bridgehead atoms. The van der Waals surface area contributed by atoms with Crippen LogP contribution in [0, 0.1) is 6.92 Å². The molecule has 28 heavy (non-hydrogen) atoms. The summed E-state index contributed by atoms with van der Waals surface area (Å²) in [6, 6.07) is 16.0. The van der Waals surface area contributed by atoms with Crippen molar-refractivity contribution in [2.45, 2.75) is 19.8 Å². The smallest absolute Gasteiger partial charge is 0.254 e. The number of likely N-dealkylation sites (tertiary alicyclic amines) is 1. The molecule has 0 aliphatic carbocycles. The highest BCUT2D eigenvalue weighted by Gasteiger charge is 2.26. The predicted molar refractivity (Wildman–Crippen MR) is 112 cm³/mol. The molecule has 0 unspecified atom stereocenters. The Bertz CT molecular complexity index is 1140. The van der Waals surface area contributed by atoms with Crippen molar-refractivity contribution in [3.05, 3.63) is 65.2 Å². The topological polar surface area (TPSA) is 51.0 Å². The van der Waals surface area contributed by atoms with E-state index in [-0.39, 0.29) is 5.91 Å². The fourth-order valence-electron chi connectivity index (χ4n) is 3.85. The Hall–Kier alpha value is -2.99. The zero-order valence-corrected chi connectivity index (χ0v) is 16.4. The van der Waals surface area contributed by atoms with E-state index in [2.05, 4.69) is 0 Å². The van der Waals surface area contributed by atoms with E-state index in [4.69, 9.17) is 10.1 Å². The van der Waals surface area contributed by atoms with Crippen molar-refractivity contribution in [3.63, 3.8) is 0 Å². The van der Waals surface area contributed by atoms with Crippen molar-refractivity contribution in [2.24, 2.45) is 0 Å². The number of para-hydroxylation sites is 1. The molecule has 0 saturated carbocycles. The van der Waals surface area contributed by atoms with E-state index in [1.807, 2.05) is 70.4 Å². The third-order valence-corrected chi connectivity index (χ3v) is 6.10. The lowest BCUT2D eigenvalue weighted by Gasteiger charge is -2.16. The van der Waals surface area contributed by atoms with Gasteiger partial charge in [0.25, 0.3) is 5.91 Å². The van der Waals surface area contributed by atoms with E-state index >= 15 is 0 Å². The maximum atomic E-state index is 13.3. The Morgan fingerprint density at radius 1 is 1.07 bits per heavy atom. The summed E-state index contributed by atoms with van der Waals surface area (Å²) >= 11 is 1.63. The average Bonchev–Trinajstić information content (AvgIpc) is 3.49. The van der Waals surface area contributed by atoms with Crippen LogP contribution in [0.5, 0.6) is 0 Å². The second-order valence-corrected chi connectivity index (χ2v) is 8.01.